The minimum absolute atomic E-state index is 0.0561. The molecule has 1 fully saturated rings. The van der Waals surface area contributed by atoms with Crippen molar-refractivity contribution in [3.05, 3.63) is 29.3 Å². The van der Waals surface area contributed by atoms with E-state index in [2.05, 4.69) is 5.32 Å². The fourth-order valence-electron chi connectivity index (χ4n) is 3.17. The van der Waals surface area contributed by atoms with Crippen molar-refractivity contribution in [2.45, 2.75) is 50.5 Å². The van der Waals surface area contributed by atoms with E-state index >= 15 is 0 Å². The van der Waals surface area contributed by atoms with Gasteiger partial charge in [0.15, 0.2) is 5.78 Å². The average molecular weight is 287 g/mol. The lowest BCUT2D eigenvalue weighted by atomic mass is 9.75. The number of carbonyl (C=O) groups is 2. The quantitative estimate of drug-likeness (QED) is 0.866. The maximum Gasteiger partial charge on any atom is 0.224 e. The molecule has 1 aromatic rings. The van der Waals surface area contributed by atoms with Crippen LogP contribution >= 0.6 is 0 Å². The highest BCUT2D eigenvalue weighted by molar-refractivity contribution is 5.98. The lowest BCUT2D eigenvalue weighted by Gasteiger charge is -2.40. The summed E-state index contributed by atoms with van der Waals surface area (Å²) in [4.78, 5) is 24.0. The van der Waals surface area contributed by atoms with Gasteiger partial charge in [0.2, 0.25) is 5.91 Å². The van der Waals surface area contributed by atoms with E-state index in [-0.39, 0.29) is 17.3 Å². The standard InChI is InChI=1S/C17H21NO3/c1-21-17(8-3-9-17)11-15(19)13-6-7-14-12(10-13)4-2-5-16(20)18-14/h6-7,10H,2-5,8-9,11H2,1H3,(H,18,20). The van der Waals surface area contributed by atoms with Crippen LogP contribution in [-0.2, 0) is 16.0 Å². The third-order valence-corrected chi connectivity index (χ3v) is 4.73. The molecule has 1 heterocycles. The van der Waals surface area contributed by atoms with Gasteiger partial charge in [-0.1, -0.05) is 0 Å². The van der Waals surface area contributed by atoms with Gasteiger partial charge in [0.05, 0.1) is 5.60 Å². The predicted molar refractivity (Wildman–Crippen MR) is 80.5 cm³/mol. The monoisotopic (exact) mass is 287 g/mol. The summed E-state index contributed by atoms with van der Waals surface area (Å²) in [5.74, 6) is 0.190. The molecule has 4 heteroatoms. The van der Waals surface area contributed by atoms with E-state index < -0.39 is 0 Å². The molecule has 1 aliphatic carbocycles. The van der Waals surface area contributed by atoms with Crippen molar-refractivity contribution in [3.63, 3.8) is 0 Å². The number of Topliss-reactive ketones (excluding diaryl/α,β-unsaturated/α-hetero) is 1. The molecule has 0 radical (unpaired) electrons. The molecule has 0 spiro atoms. The molecule has 2 aliphatic rings. The number of benzene rings is 1. The van der Waals surface area contributed by atoms with Crippen molar-refractivity contribution in [2.75, 3.05) is 12.4 Å². The fourth-order valence-corrected chi connectivity index (χ4v) is 3.17. The van der Waals surface area contributed by atoms with Crippen molar-refractivity contribution in [1.29, 1.82) is 0 Å². The third kappa shape index (κ3) is 2.86. The Bertz CT molecular complexity index is 570. The van der Waals surface area contributed by atoms with Crippen molar-refractivity contribution >= 4 is 17.4 Å². The molecule has 0 aromatic heterocycles. The van der Waals surface area contributed by atoms with Crippen LogP contribution in [-0.4, -0.2) is 24.4 Å². The second-order valence-electron chi connectivity index (χ2n) is 6.11. The van der Waals surface area contributed by atoms with Gasteiger partial charge < -0.3 is 10.1 Å². The number of nitrogens with one attached hydrogen (secondary N) is 1. The third-order valence-electron chi connectivity index (χ3n) is 4.73. The molecular weight excluding hydrogens is 266 g/mol. The minimum Gasteiger partial charge on any atom is -0.378 e. The molecule has 112 valence electrons. The van der Waals surface area contributed by atoms with Crippen LogP contribution in [0.2, 0.25) is 0 Å². The molecular formula is C17H21NO3. The number of hydrogen-bond donors (Lipinski definition) is 1. The number of rotatable bonds is 4. The normalized spacial score (nSPS) is 20.0. The molecule has 3 rings (SSSR count). The molecule has 0 bridgehead atoms. The molecule has 1 aliphatic heterocycles. The summed E-state index contributed by atoms with van der Waals surface area (Å²) in [5.41, 5.74) is 2.40. The van der Waals surface area contributed by atoms with E-state index in [4.69, 9.17) is 4.74 Å². The zero-order valence-electron chi connectivity index (χ0n) is 12.4. The highest BCUT2D eigenvalue weighted by Gasteiger charge is 2.39. The fraction of sp³-hybridized carbons (Fsp3) is 0.529. The molecule has 4 nitrogen and oxygen atoms in total. The Morgan fingerprint density at radius 2 is 2.10 bits per heavy atom. The lowest BCUT2D eigenvalue weighted by molar-refractivity contribution is -0.116. The van der Waals surface area contributed by atoms with Gasteiger partial charge in [0.25, 0.3) is 0 Å². The second-order valence-corrected chi connectivity index (χ2v) is 6.11. The Morgan fingerprint density at radius 1 is 1.29 bits per heavy atom. The first kappa shape index (κ1) is 14.3. The Morgan fingerprint density at radius 3 is 2.76 bits per heavy atom. The van der Waals surface area contributed by atoms with Crippen LogP contribution < -0.4 is 5.32 Å². The summed E-state index contributed by atoms with van der Waals surface area (Å²) in [7, 11) is 1.69. The number of amides is 1. The van der Waals surface area contributed by atoms with Gasteiger partial charge >= 0.3 is 0 Å². The van der Waals surface area contributed by atoms with Crippen LogP contribution in [0, 0.1) is 0 Å². The molecule has 0 saturated heterocycles. The number of anilines is 1. The maximum atomic E-state index is 12.5. The summed E-state index contributed by atoms with van der Waals surface area (Å²) < 4.78 is 5.53. The Balaban J connectivity index is 1.78. The van der Waals surface area contributed by atoms with Gasteiger partial charge in [-0.25, -0.2) is 0 Å². The number of aryl methyl sites for hydroxylation is 1. The second kappa shape index (κ2) is 5.60. The number of carbonyl (C=O) groups excluding carboxylic acids is 2. The molecule has 0 atom stereocenters. The van der Waals surface area contributed by atoms with E-state index in [1.165, 1.54) is 0 Å². The average Bonchev–Trinajstić information content (AvgIpc) is 2.62. The largest absolute Gasteiger partial charge is 0.378 e. The number of ketones is 1. The molecule has 1 N–H and O–H groups in total. The van der Waals surface area contributed by atoms with Crippen molar-refractivity contribution in [2.24, 2.45) is 0 Å². The molecule has 1 amide bonds. The summed E-state index contributed by atoms with van der Waals surface area (Å²) in [6.45, 7) is 0. The Labute approximate surface area is 124 Å². The first-order valence-electron chi connectivity index (χ1n) is 7.63. The smallest absolute Gasteiger partial charge is 0.224 e. The topological polar surface area (TPSA) is 55.4 Å². The summed E-state index contributed by atoms with van der Waals surface area (Å²) in [6, 6.07) is 5.60. The number of methoxy groups -OCH3 is 1. The summed E-state index contributed by atoms with van der Waals surface area (Å²) in [6.07, 6.45) is 5.74. The first-order valence-corrected chi connectivity index (χ1v) is 7.63. The van der Waals surface area contributed by atoms with Crippen LogP contribution in [0.5, 0.6) is 0 Å². The highest BCUT2D eigenvalue weighted by Crippen LogP contribution is 2.39. The Hall–Kier alpha value is -1.68. The van der Waals surface area contributed by atoms with Gasteiger partial charge in [-0.3, -0.25) is 9.59 Å². The van der Waals surface area contributed by atoms with E-state index in [1.807, 2.05) is 18.2 Å². The highest BCUT2D eigenvalue weighted by atomic mass is 16.5. The van der Waals surface area contributed by atoms with Crippen LogP contribution in [0.25, 0.3) is 0 Å². The van der Waals surface area contributed by atoms with Gasteiger partial charge in [-0.15, -0.1) is 0 Å². The Kier molecular flexibility index (Phi) is 3.81. The van der Waals surface area contributed by atoms with E-state index in [0.29, 0.717) is 12.8 Å². The molecule has 1 saturated carbocycles. The van der Waals surface area contributed by atoms with Crippen molar-refractivity contribution in [3.8, 4) is 0 Å². The van der Waals surface area contributed by atoms with Crippen LogP contribution in [0.1, 0.15) is 54.4 Å². The summed E-state index contributed by atoms with van der Waals surface area (Å²) in [5, 5.41) is 2.90. The van der Waals surface area contributed by atoms with Gasteiger partial charge in [-0.05, 0) is 55.9 Å². The van der Waals surface area contributed by atoms with E-state index in [0.717, 1.165) is 48.9 Å². The maximum absolute atomic E-state index is 12.5. The van der Waals surface area contributed by atoms with Crippen molar-refractivity contribution < 1.29 is 14.3 Å². The SMILES string of the molecule is COC1(CC(=O)c2ccc3c(c2)CCCC(=O)N3)CCC1. The first-order chi connectivity index (χ1) is 10.1. The van der Waals surface area contributed by atoms with Crippen LogP contribution in [0.4, 0.5) is 5.69 Å². The molecule has 21 heavy (non-hydrogen) atoms. The van der Waals surface area contributed by atoms with Gasteiger partial charge in [0.1, 0.15) is 0 Å². The number of fused-ring (bicyclic) bond motifs is 1. The van der Waals surface area contributed by atoms with Crippen molar-refractivity contribution in [1.82, 2.24) is 0 Å². The van der Waals surface area contributed by atoms with Crippen LogP contribution in [0.15, 0.2) is 18.2 Å². The number of ether oxygens (including phenoxy) is 1. The minimum atomic E-state index is -0.238. The van der Waals surface area contributed by atoms with Gasteiger partial charge in [0, 0.05) is 31.2 Å². The summed E-state index contributed by atoms with van der Waals surface area (Å²) >= 11 is 0. The van der Waals surface area contributed by atoms with E-state index in [1.54, 1.807) is 7.11 Å². The number of hydrogen-bond acceptors (Lipinski definition) is 3. The molecule has 1 aromatic carbocycles. The molecule has 0 unspecified atom stereocenters. The van der Waals surface area contributed by atoms with Gasteiger partial charge in [-0.2, -0.15) is 0 Å². The zero-order valence-corrected chi connectivity index (χ0v) is 12.4. The lowest BCUT2D eigenvalue weighted by Crippen LogP contribution is -2.41. The van der Waals surface area contributed by atoms with Crippen LogP contribution in [0.3, 0.4) is 0 Å². The zero-order chi connectivity index (χ0) is 14.9. The van der Waals surface area contributed by atoms with E-state index in [9.17, 15) is 9.59 Å². The predicted octanol–water partition coefficient (Wildman–Crippen LogP) is 3.10.